The van der Waals surface area contributed by atoms with Crippen molar-refractivity contribution in [2.75, 3.05) is 5.73 Å². The van der Waals surface area contributed by atoms with Gasteiger partial charge in [-0.3, -0.25) is 4.79 Å². The van der Waals surface area contributed by atoms with E-state index in [0.29, 0.717) is 6.42 Å². The zero-order chi connectivity index (χ0) is 15.8. The van der Waals surface area contributed by atoms with Gasteiger partial charge >= 0.3 is 0 Å². The average Bonchev–Trinajstić information content (AvgIpc) is 2.71. The van der Waals surface area contributed by atoms with Gasteiger partial charge in [-0.2, -0.15) is 0 Å². The number of rotatable bonds is 3. The van der Waals surface area contributed by atoms with Crippen molar-refractivity contribution < 1.29 is 13.2 Å². The van der Waals surface area contributed by atoms with Gasteiger partial charge in [-0.15, -0.1) is 0 Å². The number of nitrogen functional groups attached to an aromatic ring is 1. The molecule has 3 N–H and O–H groups in total. The Morgan fingerprint density at radius 3 is 2.62 bits per heavy atom. The minimum Gasteiger partial charge on any atom is -0.397 e. The van der Waals surface area contributed by atoms with Crippen LogP contribution in [-0.2, 0) is 14.8 Å². The van der Waals surface area contributed by atoms with Gasteiger partial charge in [0.15, 0.2) is 0 Å². The van der Waals surface area contributed by atoms with Gasteiger partial charge in [-0.05, 0) is 36.5 Å². The standard InChI is InChI=1S/C14H19ClN2O3S/c1-14(2)7-3-4-10(14)13(18)17-21(19,20)9-5-6-11(15)12(16)8-9/h5-6,8,10H,3-4,7,16H2,1-2H3,(H,17,18). The first-order chi connectivity index (χ1) is 9.63. The summed E-state index contributed by atoms with van der Waals surface area (Å²) in [5.74, 6) is -0.747. The molecule has 0 bridgehead atoms. The highest BCUT2D eigenvalue weighted by atomic mass is 35.5. The summed E-state index contributed by atoms with van der Waals surface area (Å²) in [5, 5.41) is 0.275. The van der Waals surface area contributed by atoms with Crippen LogP contribution >= 0.6 is 11.6 Å². The van der Waals surface area contributed by atoms with E-state index in [9.17, 15) is 13.2 Å². The molecule has 5 nitrogen and oxygen atoms in total. The smallest absolute Gasteiger partial charge is 0.264 e. The van der Waals surface area contributed by atoms with Crippen LogP contribution in [0.5, 0.6) is 0 Å². The second-order valence-electron chi connectivity index (χ2n) is 6.09. The molecule has 1 atom stereocenters. The molecule has 1 aliphatic carbocycles. The molecule has 1 amide bonds. The Kier molecular flexibility index (Phi) is 4.22. The summed E-state index contributed by atoms with van der Waals surface area (Å²) in [5.41, 5.74) is 5.58. The Bertz CT molecular complexity index is 671. The average molecular weight is 331 g/mol. The molecule has 1 aromatic carbocycles. The zero-order valence-corrected chi connectivity index (χ0v) is 13.6. The molecule has 1 saturated carbocycles. The van der Waals surface area contributed by atoms with Crippen molar-refractivity contribution in [2.24, 2.45) is 11.3 Å². The lowest BCUT2D eigenvalue weighted by Gasteiger charge is -2.25. The first-order valence-electron chi connectivity index (χ1n) is 6.75. The van der Waals surface area contributed by atoms with Crippen molar-refractivity contribution in [3.63, 3.8) is 0 Å². The highest BCUT2D eigenvalue weighted by Crippen LogP contribution is 2.42. The number of nitrogens with two attached hydrogens (primary N) is 1. The molecule has 1 fully saturated rings. The molecule has 2 rings (SSSR count). The maximum absolute atomic E-state index is 12.3. The Labute approximate surface area is 129 Å². The molecule has 116 valence electrons. The normalized spacial score (nSPS) is 21.2. The predicted octanol–water partition coefficient (Wildman–Crippen LogP) is 2.55. The van der Waals surface area contributed by atoms with E-state index < -0.39 is 15.9 Å². The number of sulfonamides is 1. The highest BCUT2D eigenvalue weighted by Gasteiger charge is 2.40. The summed E-state index contributed by atoms with van der Waals surface area (Å²) in [4.78, 5) is 12.2. The van der Waals surface area contributed by atoms with E-state index in [4.69, 9.17) is 17.3 Å². The molecule has 7 heteroatoms. The van der Waals surface area contributed by atoms with E-state index in [1.807, 2.05) is 13.8 Å². The fourth-order valence-electron chi connectivity index (χ4n) is 2.76. The molecule has 0 aliphatic heterocycles. The minimum atomic E-state index is -3.92. The number of carbonyl (C=O) groups is 1. The quantitative estimate of drug-likeness (QED) is 0.833. The maximum atomic E-state index is 12.3. The number of anilines is 1. The van der Waals surface area contributed by atoms with Crippen molar-refractivity contribution in [3.8, 4) is 0 Å². The Balaban J connectivity index is 2.21. The maximum Gasteiger partial charge on any atom is 0.264 e. The Hall–Kier alpha value is -1.27. The van der Waals surface area contributed by atoms with Crippen LogP contribution in [0.1, 0.15) is 33.1 Å². The second-order valence-corrected chi connectivity index (χ2v) is 8.18. The molecule has 1 aromatic rings. The van der Waals surface area contributed by atoms with E-state index in [1.54, 1.807) is 0 Å². The van der Waals surface area contributed by atoms with Gasteiger partial charge in [0, 0.05) is 5.92 Å². The van der Waals surface area contributed by atoms with Crippen molar-refractivity contribution in [3.05, 3.63) is 23.2 Å². The van der Waals surface area contributed by atoms with E-state index in [-0.39, 0.29) is 26.9 Å². The number of benzene rings is 1. The molecule has 1 aliphatic rings. The van der Waals surface area contributed by atoms with Crippen molar-refractivity contribution in [1.82, 2.24) is 4.72 Å². The molecule has 1 unspecified atom stereocenters. The summed E-state index contributed by atoms with van der Waals surface area (Å²) >= 11 is 5.77. The van der Waals surface area contributed by atoms with Crippen molar-refractivity contribution >= 4 is 33.2 Å². The van der Waals surface area contributed by atoms with Gasteiger partial charge in [0.25, 0.3) is 10.0 Å². The fraction of sp³-hybridized carbons (Fsp3) is 0.500. The number of halogens is 1. The number of nitrogens with one attached hydrogen (secondary N) is 1. The first kappa shape index (κ1) is 16.1. The van der Waals surface area contributed by atoms with Crippen molar-refractivity contribution in [1.29, 1.82) is 0 Å². The van der Waals surface area contributed by atoms with Gasteiger partial charge in [0.2, 0.25) is 5.91 Å². The molecule has 0 aromatic heterocycles. The number of hydrogen-bond acceptors (Lipinski definition) is 4. The van der Waals surface area contributed by atoms with E-state index in [1.165, 1.54) is 18.2 Å². The van der Waals surface area contributed by atoms with Crippen LogP contribution in [0.15, 0.2) is 23.1 Å². The van der Waals surface area contributed by atoms with Gasteiger partial charge in [0.1, 0.15) is 0 Å². The third-order valence-electron chi connectivity index (χ3n) is 4.09. The minimum absolute atomic E-state index is 0.0615. The third-order valence-corrected chi connectivity index (χ3v) is 5.78. The Morgan fingerprint density at radius 1 is 1.43 bits per heavy atom. The molecular formula is C14H19ClN2O3S. The van der Waals surface area contributed by atoms with E-state index >= 15 is 0 Å². The van der Waals surface area contributed by atoms with E-state index in [2.05, 4.69) is 4.72 Å². The van der Waals surface area contributed by atoms with Crippen LogP contribution < -0.4 is 10.5 Å². The number of amides is 1. The molecule has 0 radical (unpaired) electrons. The summed E-state index contributed by atoms with van der Waals surface area (Å²) in [6.07, 6.45) is 2.55. The third kappa shape index (κ3) is 3.32. The van der Waals surface area contributed by atoms with Crippen LogP contribution in [0, 0.1) is 11.3 Å². The van der Waals surface area contributed by atoms with Crippen molar-refractivity contribution in [2.45, 2.75) is 38.0 Å². The fourth-order valence-corrected chi connectivity index (χ4v) is 3.94. The van der Waals surface area contributed by atoms with Crippen LogP contribution in [0.4, 0.5) is 5.69 Å². The molecule has 21 heavy (non-hydrogen) atoms. The van der Waals surface area contributed by atoms with Gasteiger partial charge < -0.3 is 5.73 Å². The monoisotopic (exact) mass is 330 g/mol. The van der Waals surface area contributed by atoms with Gasteiger partial charge in [-0.1, -0.05) is 31.9 Å². The first-order valence-corrected chi connectivity index (χ1v) is 8.61. The highest BCUT2D eigenvalue weighted by molar-refractivity contribution is 7.90. The Morgan fingerprint density at radius 2 is 2.10 bits per heavy atom. The van der Waals surface area contributed by atoms with Crippen LogP contribution in [0.2, 0.25) is 5.02 Å². The lowest BCUT2D eigenvalue weighted by molar-refractivity contribution is -0.125. The van der Waals surface area contributed by atoms with E-state index in [0.717, 1.165) is 12.8 Å². The topological polar surface area (TPSA) is 89.3 Å². The lowest BCUT2D eigenvalue weighted by Crippen LogP contribution is -2.39. The summed E-state index contributed by atoms with van der Waals surface area (Å²) in [6, 6.07) is 3.97. The summed E-state index contributed by atoms with van der Waals surface area (Å²) < 4.78 is 26.6. The number of hydrogen-bond donors (Lipinski definition) is 2. The molecule has 0 saturated heterocycles. The van der Waals surface area contributed by atoms with Crippen LogP contribution in [0.3, 0.4) is 0 Å². The second kappa shape index (κ2) is 5.50. The molecule has 0 heterocycles. The van der Waals surface area contributed by atoms with Gasteiger partial charge in [-0.25, -0.2) is 13.1 Å². The summed E-state index contributed by atoms with van der Waals surface area (Å²) in [6.45, 7) is 3.97. The molecular weight excluding hydrogens is 312 g/mol. The zero-order valence-electron chi connectivity index (χ0n) is 12.0. The largest absolute Gasteiger partial charge is 0.397 e. The SMILES string of the molecule is CC1(C)CCCC1C(=O)NS(=O)(=O)c1ccc(Cl)c(N)c1. The van der Waals surface area contributed by atoms with Gasteiger partial charge in [0.05, 0.1) is 15.6 Å². The summed E-state index contributed by atoms with van der Waals surface area (Å²) in [7, 11) is -3.92. The lowest BCUT2D eigenvalue weighted by atomic mass is 9.81. The van der Waals surface area contributed by atoms with Crippen LogP contribution in [-0.4, -0.2) is 14.3 Å². The number of carbonyl (C=O) groups excluding carboxylic acids is 1. The molecule has 0 spiro atoms. The predicted molar refractivity (Wildman–Crippen MR) is 82.3 cm³/mol. The van der Waals surface area contributed by atoms with Crippen LogP contribution in [0.25, 0.3) is 0 Å².